The van der Waals surface area contributed by atoms with E-state index in [-0.39, 0.29) is 30.5 Å². The predicted octanol–water partition coefficient (Wildman–Crippen LogP) is 0.172. The summed E-state index contributed by atoms with van der Waals surface area (Å²) in [7, 11) is 0. The van der Waals surface area contributed by atoms with Gasteiger partial charge in [-0.25, -0.2) is 0 Å². The largest absolute Gasteiger partial charge is 0.458 e. The number of hydrogen-bond donors (Lipinski definition) is 1. The minimum Gasteiger partial charge on any atom is -0.458 e. The molecule has 6 nitrogen and oxygen atoms in total. The Hall–Kier alpha value is -1.85. The van der Waals surface area contributed by atoms with Crippen LogP contribution < -0.4 is 5.32 Å². The second-order valence-electron chi connectivity index (χ2n) is 5.00. The molecular weight excluding hydrogens is 250 g/mol. The van der Waals surface area contributed by atoms with E-state index < -0.39 is 18.0 Å². The van der Waals surface area contributed by atoms with Gasteiger partial charge >= 0.3 is 11.9 Å². The molecule has 1 N–H and O–H groups in total. The zero-order chi connectivity index (χ0) is 14.0. The Kier molecular flexibility index (Phi) is 3.87. The standard InChI is InChI=1S/C13H17NO5/c1-3-10(15)14-6-11(16)19-12-7(2)4-8-5-9(12)18-13(8)17/h3,7-9,12H,1,4-6H2,2H3,(H,14,15). The average Bonchev–Trinajstić information content (AvgIpc) is 2.68. The molecule has 0 aromatic rings. The summed E-state index contributed by atoms with van der Waals surface area (Å²) in [5, 5.41) is 2.35. The van der Waals surface area contributed by atoms with Crippen molar-refractivity contribution in [1.82, 2.24) is 5.32 Å². The number of nitrogens with one attached hydrogen (secondary N) is 1. The number of esters is 2. The van der Waals surface area contributed by atoms with Crippen molar-refractivity contribution in [2.24, 2.45) is 11.8 Å². The molecule has 1 heterocycles. The van der Waals surface area contributed by atoms with E-state index >= 15 is 0 Å². The van der Waals surface area contributed by atoms with Gasteiger partial charge in [0.15, 0.2) is 0 Å². The lowest BCUT2D eigenvalue weighted by Crippen LogP contribution is -2.41. The molecule has 4 unspecified atom stereocenters. The minimum absolute atomic E-state index is 0.0598. The van der Waals surface area contributed by atoms with Gasteiger partial charge in [-0.15, -0.1) is 0 Å². The van der Waals surface area contributed by atoms with E-state index in [4.69, 9.17) is 9.47 Å². The third kappa shape index (κ3) is 2.94. The lowest BCUT2D eigenvalue weighted by molar-refractivity contribution is -0.163. The molecule has 0 radical (unpaired) electrons. The summed E-state index contributed by atoms with van der Waals surface area (Å²) in [4.78, 5) is 34.0. The van der Waals surface area contributed by atoms with Gasteiger partial charge in [-0.3, -0.25) is 14.4 Å². The zero-order valence-electron chi connectivity index (χ0n) is 10.8. The zero-order valence-corrected chi connectivity index (χ0v) is 10.8. The van der Waals surface area contributed by atoms with Crippen molar-refractivity contribution in [3.63, 3.8) is 0 Å². The van der Waals surface area contributed by atoms with E-state index in [2.05, 4.69) is 11.9 Å². The first-order valence-corrected chi connectivity index (χ1v) is 6.31. The summed E-state index contributed by atoms with van der Waals surface area (Å²) in [6, 6.07) is 0. The van der Waals surface area contributed by atoms with E-state index in [1.165, 1.54) is 0 Å². The van der Waals surface area contributed by atoms with E-state index in [1.54, 1.807) is 0 Å². The van der Waals surface area contributed by atoms with Crippen molar-refractivity contribution >= 4 is 17.8 Å². The van der Waals surface area contributed by atoms with Crippen molar-refractivity contribution in [3.8, 4) is 0 Å². The van der Waals surface area contributed by atoms with Crippen LogP contribution in [0.25, 0.3) is 0 Å². The summed E-state index contributed by atoms with van der Waals surface area (Å²) in [6.45, 7) is 5.01. The molecule has 1 aliphatic carbocycles. The van der Waals surface area contributed by atoms with Crippen LogP contribution in [0.2, 0.25) is 0 Å². The molecule has 6 heteroatoms. The number of rotatable bonds is 4. The molecule has 1 saturated heterocycles. The Morgan fingerprint density at radius 2 is 2.26 bits per heavy atom. The van der Waals surface area contributed by atoms with Crippen molar-refractivity contribution in [2.75, 3.05) is 6.54 Å². The maximum Gasteiger partial charge on any atom is 0.325 e. The molecule has 19 heavy (non-hydrogen) atoms. The molecule has 1 saturated carbocycles. The van der Waals surface area contributed by atoms with Crippen LogP contribution in [-0.4, -0.2) is 36.6 Å². The normalized spacial score (nSPS) is 32.4. The third-order valence-electron chi connectivity index (χ3n) is 3.56. The molecule has 1 aliphatic heterocycles. The van der Waals surface area contributed by atoms with Gasteiger partial charge in [0.2, 0.25) is 5.91 Å². The highest BCUT2D eigenvalue weighted by Gasteiger charge is 2.48. The SMILES string of the molecule is C=CC(=O)NCC(=O)OC1C(C)CC2CC1OC2=O. The number of hydrogen-bond acceptors (Lipinski definition) is 5. The van der Waals surface area contributed by atoms with Crippen LogP contribution in [0.3, 0.4) is 0 Å². The maximum absolute atomic E-state index is 11.6. The van der Waals surface area contributed by atoms with E-state index in [0.717, 1.165) is 6.08 Å². The summed E-state index contributed by atoms with van der Waals surface area (Å²) in [5.41, 5.74) is 0. The molecule has 2 aliphatic rings. The first kappa shape index (κ1) is 13.6. The lowest BCUT2D eigenvalue weighted by atomic mass is 9.81. The Balaban J connectivity index is 1.88. The molecule has 2 bridgehead atoms. The topological polar surface area (TPSA) is 81.7 Å². The number of carbonyl (C=O) groups excluding carboxylic acids is 3. The maximum atomic E-state index is 11.6. The van der Waals surface area contributed by atoms with Gasteiger partial charge in [0, 0.05) is 6.42 Å². The first-order chi connectivity index (χ1) is 9.01. The van der Waals surface area contributed by atoms with Gasteiger partial charge in [-0.1, -0.05) is 13.5 Å². The predicted molar refractivity (Wildman–Crippen MR) is 64.9 cm³/mol. The van der Waals surface area contributed by atoms with Crippen molar-refractivity contribution < 1.29 is 23.9 Å². The van der Waals surface area contributed by atoms with Crippen LogP contribution >= 0.6 is 0 Å². The second-order valence-corrected chi connectivity index (χ2v) is 5.00. The van der Waals surface area contributed by atoms with Crippen LogP contribution in [0.4, 0.5) is 0 Å². The highest BCUT2D eigenvalue weighted by atomic mass is 16.6. The third-order valence-corrected chi connectivity index (χ3v) is 3.56. The quantitative estimate of drug-likeness (QED) is 0.580. The molecule has 1 amide bonds. The first-order valence-electron chi connectivity index (χ1n) is 6.31. The molecule has 0 aromatic carbocycles. The van der Waals surface area contributed by atoms with Crippen LogP contribution in [0.15, 0.2) is 12.7 Å². The summed E-state index contributed by atoms with van der Waals surface area (Å²) in [5.74, 6) is -1.14. The fourth-order valence-electron chi connectivity index (χ4n) is 2.63. The molecule has 2 fully saturated rings. The van der Waals surface area contributed by atoms with E-state index in [1.807, 2.05) is 6.92 Å². The van der Waals surface area contributed by atoms with E-state index in [0.29, 0.717) is 12.8 Å². The molecule has 0 aromatic heterocycles. The Bertz CT molecular complexity index is 419. The fraction of sp³-hybridized carbons (Fsp3) is 0.615. The summed E-state index contributed by atoms with van der Waals surface area (Å²) in [6.07, 6.45) is 1.60. The Morgan fingerprint density at radius 1 is 1.53 bits per heavy atom. The lowest BCUT2D eigenvalue weighted by Gasteiger charge is -2.31. The van der Waals surface area contributed by atoms with Crippen LogP contribution in [0.5, 0.6) is 0 Å². The van der Waals surface area contributed by atoms with Gasteiger partial charge in [-0.2, -0.15) is 0 Å². The fourth-order valence-corrected chi connectivity index (χ4v) is 2.63. The second kappa shape index (κ2) is 5.42. The van der Waals surface area contributed by atoms with Crippen LogP contribution in [0.1, 0.15) is 19.8 Å². The molecule has 2 rings (SSSR count). The minimum atomic E-state index is -0.534. The Morgan fingerprint density at radius 3 is 2.95 bits per heavy atom. The molecular formula is C13H17NO5. The number of carbonyl (C=O) groups is 3. The van der Waals surface area contributed by atoms with Crippen molar-refractivity contribution in [1.29, 1.82) is 0 Å². The number of fused-ring (bicyclic) bond motifs is 2. The highest BCUT2D eigenvalue weighted by Crippen LogP contribution is 2.39. The average molecular weight is 267 g/mol. The van der Waals surface area contributed by atoms with Crippen LogP contribution in [-0.2, 0) is 23.9 Å². The monoisotopic (exact) mass is 267 g/mol. The van der Waals surface area contributed by atoms with E-state index in [9.17, 15) is 14.4 Å². The van der Waals surface area contributed by atoms with Gasteiger partial charge in [0.25, 0.3) is 0 Å². The molecule has 4 atom stereocenters. The summed E-state index contributed by atoms with van der Waals surface area (Å²) >= 11 is 0. The molecule has 0 spiro atoms. The number of amides is 1. The van der Waals surface area contributed by atoms with Gasteiger partial charge < -0.3 is 14.8 Å². The highest BCUT2D eigenvalue weighted by molar-refractivity contribution is 5.89. The van der Waals surface area contributed by atoms with Gasteiger partial charge in [0.05, 0.1) is 5.92 Å². The van der Waals surface area contributed by atoms with Crippen molar-refractivity contribution in [2.45, 2.75) is 32.0 Å². The number of ether oxygens (including phenoxy) is 2. The van der Waals surface area contributed by atoms with Gasteiger partial charge in [0.1, 0.15) is 18.8 Å². The van der Waals surface area contributed by atoms with Crippen molar-refractivity contribution in [3.05, 3.63) is 12.7 Å². The van der Waals surface area contributed by atoms with Gasteiger partial charge in [-0.05, 0) is 18.4 Å². The van der Waals surface area contributed by atoms with Crippen LogP contribution in [0, 0.1) is 11.8 Å². The Labute approximate surface area is 111 Å². The summed E-state index contributed by atoms with van der Waals surface area (Å²) < 4.78 is 10.5. The smallest absolute Gasteiger partial charge is 0.325 e. The molecule has 104 valence electrons.